The summed E-state index contributed by atoms with van der Waals surface area (Å²) in [5.74, 6) is 1.61. The number of aliphatic hydroxyl groups excluding tert-OH is 1. The summed E-state index contributed by atoms with van der Waals surface area (Å²) in [5.41, 5.74) is 2.07. The Hall–Kier alpha value is -1.61. The van der Waals surface area contributed by atoms with Gasteiger partial charge in [-0.05, 0) is 42.4 Å². The van der Waals surface area contributed by atoms with E-state index in [2.05, 4.69) is 19.9 Å². The van der Waals surface area contributed by atoms with Crippen LogP contribution in [0, 0.1) is 0 Å². The second kappa shape index (κ2) is 9.36. The minimum atomic E-state index is -0.491. The third kappa shape index (κ3) is 4.76. The Morgan fingerprint density at radius 3 is 2.50 bits per heavy atom. The standard InChI is InChI=1S/C21H29O4P/c1-6-21(3,26-20-10-8-7-9-17(20)15(2)22)18-13-16(24-5)11-12-19(18)25-14-23-4/h7-13,15,22,26H,6,14H2,1-5H3. The van der Waals surface area contributed by atoms with E-state index >= 15 is 0 Å². The second-order valence-corrected chi connectivity index (χ2v) is 8.38. The maximum absolute atomic E-state index is 10.1. The molecule has 3 atom stereocenters. The molecule has 142 valence electrons. The predicted molar refractivity (Wildman–Crippen MR) is 108 cm³/mol. The Morgan fingerprint density at radius 2 is 1.88 bits per heavy atom. The van der Waals surface area contributed by atoms with Crippen molar-refractivity contribution in [3.05, 3.63) is 53.6 Å². The first-order chi connectivity index (χ1) is 12.4. The van der Waals surface area contributed by atoms with Gasteiger partial charge in [0.05, 0.1) is 13.2 Å². The molecule has 0 amide bonds. The normalized spacial score (nSPS) is 15.0. The molecule has 0 aliphatic rings. The molecule has 2 aromatic carbocycles. The topological polar surface area (TPSA) is 47.9 Å². The maximum atomic E-state index is 10.1. The monoisotopic (exact) mass is 376 g/mol. The van der Waals surface area contributed by atoms with Crippen LogP contribution in [0.25, 0.3) is 0 Å². The maximum Gasteiger partial charge on any atom is 0.188 e. The molecule has 0 spiro atoms. The quantitative estimate of drug-likeness (QED) is 0.522. The largest absolute Gasteiger partial charge is 0.497 e. The van der Waals surface area contributed by atoms with Gasteiger partial charge in [0.25, 0.3) is 0 Å². The van der Waals surface area contributed by atoms with Gasteiger partial charge in [0, 0.05) is 17.8 Å². The van der Waals surface area contributed by atoms with E-state index in [-0.39, 0.29) is 11.9 Å². The fourth-order valence-electron chi connectivity index (χ4n) is 2.93. The number of hydrogen-bond donors (Lipinski definition) is 1. The highest BCUT2D eigenvalue weighted by atomic mass is 31.1. The molecule has 0 bridgehead atoms. The summed E-state index contributed by atoms with van der Waals surface area (Å²) < 4.78 is 16.4. The smallest absolute Gasteiger partial charge is 0.188 e. The van der Waals surface area contributed by atoms with Crippen LogP contribution in [0.5, 0.6) is 11.5 Å². The fourth-order valence-corrected chi connectivity index (χ4v) is 4.65. The van der Waals surface area contributed by atoms with Gasteiger partial charge in [0.2, 0.25) is 0 Å². The summed E-state index contributed by atoms with van der Waals surface area (Å²) in [6.45, 7) is 6.42. The minimum Gasteiger partial charge on any atom is -0.497 e. The molecule has 5 heteroatoms. The first kappa shape index (κ1) is 20.7. The van der Waals surface area contributed by atoms with E-state index in [9.17, 15) is 5.11 Å². The Balaban J connectivity index is 2.48. The molecular weight excluding hydrogens is 347 g/mol. The van der Waals surface area contributed by atoms with Crippen molar-refractivity contribution in [2.75, 3.05) is 21.0 Å². The van der Waals surface area contributed by atoms with E-state index in [0.717, 1.165) is 29.0 Å². The number of ether oxygens (including phenoxy) is 3. The lowest BCUT2D eigenvalue weighted by Gasteiger charge is -2.32. The number of rotatable bonds is 9. The number of benzene rings is 2. The lowest BCUT2D eigenvalue weighted by Crippen LogP contribution is -2.22. The Labute approximate surface area is 158 Å². The molecule has 1 N–H and O–H groups in total. The van der Waals surface area contributed by atoms with Crippen LogP contribution in [0.3, 0.4) is 0 Å². The lowest BCUT2D eigenvalue weighted by molar-refractivity contribution is 0.0500. The van der Waals surface area contributed by atoms with Crippen molar-refractivity contribution < 1.29 is 19.3 Å². The van der Waals surface area contributed by atoms with Gasteiger partial charge in [-0.3, -0.25) is 0 Å². The van der Waals surface area contributed by atoms with Crippen LogP contribution >= 0.6 is 8.58 Å². The third-order valence-electron chi connectivity index (χ3n) is 4.64. The number of aliphatic hydroxyl groups is 1. The molecule has 3 unspecified atom stereocenters. The highest BCUT2D eigenvalue weighted by Crippen LogP contribution is 2.48. The molecule has 0 fully saturated rings. The molecule has 2 rings (SSSR count). The summed E-state index contributed by atoms with van der Waals surface area (Å²) >= 11 is 0. The third-order valence-corrected chi connectivity index (χ3v) is 6.54. The zero-order valence-corrected chi connectivity index (χ0v) is 17.2. The summed E-state index contributed by atoms with van der Waals surface area (Å²) in [6.07, 6.45) is 0.435. The molecule has 26 heavy (non-hydrogen) atoms. The van der Waals surface area contributed by atoms with Crippen molar-refractivity contribution in [2.45, 2.75) is 38.5 Å². The van der Waals surface area contributed by atoms with Gasteiger partial charge >= 0.3 is 0 Å². The van der Waals surface area contributed by atoms with E-state index in [0.29, 0.717) is 8.58 Å². The van der Waals surface area contributed by atoms with Crippen molar-refractivity contribution in [3.8, 4) is 11.5 Å². The molecular formula is C21H29O4P. The average molecular weight is 376 g/mol. The summed E-state index contributed by atoms with van der Waals surface area (Å²) in [5, 5.41) is 11.2. The zero-order chi connectivity index (χ0) is 19.2. The van der Waals surface area contributed by atoms with Gasteiger partial charge in [0.15, 0.2) is 6.79 Å². The van der Waals surface area contributed by atoms with Crippen LogP contribution in [0.1, 0.15) is 44.4 Å². The van der Waals surface area contributed by atoms with Gasteiger partial charge < -0.3 is 19.3 Å². The Morgan fingerprint density at radius 1 is 1.15 bits per heavy atom. The summed E-state index contributed by atoms with van der Waals surface area (Å²) in [6, 6.07) is 14.0. The minimum absolute atomic E-state index is 0.150. The van der Waals surface area contributed by atoms with E-state index in [1.54, 1.807) is 14.2 Å². The van der Waals surface area contributed by atoms with Crippen LogP contribution in [-0.2, 0) is 9.89 Å². The lowest BCUT2D eigenvalue weighted by atomic mass is 9.96. The highest BCUT2D eigenvalue weighted by molar-refractivity contribution is 7.48. The molecule has 2 aromatic rings. The van der Waals surface area contributed by atoms with Crippen LogP contribution in [0.4, 0.5) is 0 Å². The average Bonchev–Trinajstić information content (AvgIpc) is 2.66. The molecule has 4 nitrogen and oxygen atoms in total. The summed E-state index contributed by atoms with van der Waals surface area (Å²) in [4.78, 5) is 0. The molecule has 0 radical (unpaired) electrons. The van der Waals surface area contributed by atoms with E-state index in [1.807, 2.05) is 43.3 Å². The van der Waals surface area contributed by atoms with E-state index in [1.165, 1.54) is 5.30 Å². The summed E-state index contributed by atoms with van der Waals surface area (Å²) in [7, 11) is 3.76. The van der Waals surface area contributed by atoms with Crippen LogP contribution in [0.2, 0.25) is 0 Å². The zero-order valence-electron chi connectivity index (χ0n) is 16.2. The van der Waals surface area contributed by atoms with Crippen LogP contribution in [0.15, 0.2) is 42.5 Å². The van der Waals surface area contributed by atoms with Crippen molar-refractivity contribution >= 4 is 13.9 Å². The van der Waals surface area contributed by atoms with Gasteiger partial charge in [-0.15, -0.1) is 0 Å². The van der Waals surface area contributed by atoms with Gasteiger partial charge in [0.1, 0.15) is 11.5 Å². The molecule has 0 aliphatic carbocycles. The van der Waals surface area contributed by atoms with Crippen molar-refractivity contribution in [2.24, 2.45) is 0 Å². The fraction of sp³-hybridized carbons (Fsp3) is 0.429. The molecule has 0 aromatic heterocycles. The highest BCUT2D eigenvalue weighted by Gasteiger charge is 2.30. The Kier molecular flexibility index (Phi) is 7.45. The molecule has 0 aliphatic heterocycles. The van der Waals surface area contributed by atoms with Crippen molar-refractivity contribution in [3.63, 3.8) is 0 Å². The first-order valence-corrected chi connectivity index (χ1v) is 9.80. The van der Waals surface area contributed by atoms with Crippen molar-refractivity contribution in [1.82, 2.24) is 0 Å². The number of methoxy groups -OCH3 is 2. The molecule has 0 saturated heterocycles. The Bertz CT molecular complexity index is 717. The first-order valence-electron chi connectivity index (χ1n) is 8.80. The van der Waals surface area contributed by atoms with Crippen LogP contribution in [-0.4, -0.2) is 26.1 Å². The van der Waals surface area contributed by atoms with Crippen molar-refractivity contribution in [1.29, 1.82) is 0 Å². The van der Waals surface area contributed by atoms with Gasteiger partial charge in [-0.25, -0.2) is 0 Å². The molecule has 0 saturated carbocycles. The van der Waals surface area contributed by atoms with Gasteiger partial charge in [-0.2, -0.15) is 0 Å². The molecule has 0 heterocycles. The number of hydrogen-bond acceptors (Lipinski definition) is 4. The van der Waals surface area contributed by atoms with Gasteiger partial charge in [-0.1, -0.05) is 46.7 Å². The van der Waals surface area contributed by atoms with E-state index in [4.69, 9.17) is 14.2 Å². The predicted octanol–water partition coefficient (Wildman–Crippen LogP) is 4.36. The second-order valence-electron chi connectivity index (χ2n) is 6.49. The SMILES string of the molecule is CCC(C)(Pc1ccccc1C(C)O)c1cc(OC)ccc1OCOC. The van der Waals surface area contributed by atoms with E-state index < -0.39 is 6.10 Å². The van der Waals surface area contributed by atoms with Crippen LogP contribution < -0.4 is 14.8 Å².